The van der Waals surface area contributed by atoms with Gasteiger partial charge in [0.1, 0.15) is 11.0 Å². The lowest BCUT2D eigenvalue weighted by molar-refractivity contribution is 0.639. The molecule has 1 aromatic heterocycles. The first-order valence-corrected chi connectivity index (χ1v) is 6.45. The number of imidazole rings is 1. The molecular weight excluding hydrogens is 302 g/mol. The van der Waals surface area contributed by atoms with Gasteiger partial charge in [-0.2, -0.15) is 0 Å². The van der Waals surface area contributed by atoms with E-state index in [4.69, 9.17) is 11.6 Å². The summed E-state index contributed by atoms with van der Waals surface area (Å²) in [4.78, 5) is 4.22. The standard InChI is InChI=1S/C12H13BrClN3/c1-17-11(14)7-16-12(17)8-15-6-9-3-2-4-10(13)5-9/h2-5,7,15H,6,8H2,1H3. The Kier molecular flexibility index (Phi) is 4.20. The van der Waals surface area contributed by atoms with Gasteiger partial charge in [0, 0.05) is 18.1 Å². The van der Waals surface area contributed by atoms with Crippen molar-refractivity contribution in [1.82, 2.24) is 14.9 Å². The lowest BCUT2D eigenvalue weighted by atomic mass is 10.2. The average molecular weight is 315 g/mol. The SMILES string of the molecule is Cn1c(Cl)cnc1CNCc1cccc(Br)c1. The second-order valence-electron chi connectivity index (χ2n) is 3.79. The number of nitrogens with one attached hydrogen (secondary N) is 1. The van der Waals surface area contributed by atoms with E-state index in [1.807, 2.05) is 23.7 Å². The number of nitrogens with zero attached hydrogens (tertiary/aromatic N) is 2. The summed E-state index contributed by atoms with van der Waals surface area (Å²) in [5.74, 6) is 0.935. The third kappa shape index (κ3) is 3.31. The van der Waals surface area contributed by atoms with Gasteiger partial charge >= 0.3 is 0 Å². The quantitative estimate of drug-likeness (QED) is 0.939. The molecule has 0 saturated heterocycles. The maximum Gasteiger partial charge on any atom is 0.128 e. The van der Waals surface area contributed by atoms with Crippen molar-refractivity contribution in [3.05, 3.63) is 51.5 Å². The summed E-state index contributed by atoms with van der Waals surface area (Å²) in [6.07, 6.45) is 1.66. The molecule has 2 rings (SSSR count). The Labute approximate surface area is 114 Å². The molecule has 0 aliphatic heterocycles. The van der Waals surface area contributed by atoms with Gasteiger partial charge < -0.3 is 9.88 Å². The second-order valence-corrected chi connectivity index (χ2v) is 5.09. The van der Waals surface area contributed by atoms with Crippen molar-refractivity contribution >= 4 is 27.5 Å². The highest BCUT2D eigenvalue weighted by Crippen LogP contribution is 2.12. The average Bonchev–Trinajstić information content (AvgIpc) is 2.61. The second kappa shape index (κ2) is 5.67. The monoisotopic (exact) mass is 313 g/mol. The highest BCUT2D eigenvalue weighted by molar-refractivity contribution is 9.10. The fourth-order valence-electron chi connectivity index (χ4n) is 1.55. The summed E-state index contributed by atoms with van der Waals surface area (Å²) >= 11 is 9.36. The summed E-state index contributed by atoms with van der Waals surface area (Å²) in [5, 5.41) is 3.99. The van der Waals surface area contributed by atoms with Crippen LogP contribution in [0.3, 0.4) is 0 Å². The molecule has 2 aromatic rings. The van der Waals surface area contributed by atoms with Crippen molar-refractivity contribution in [2.24, 2.45) is 7.05 Å². The number of hydrogen-bond donors (Lipinski definition) is 1. The smallest absolute Gasteiger partial charge is 0.128 e. The Balaban J connectivity index is 1.90. The Morgan fingerprint density at radius 3 is 2.88 bits per heavy atom. The van der Waals surface area contributed by atoms with Crippen LogP contribution in [0.5, 0.6) is 0 Å². The van der Waals surface area contributed by atoms with Crippen LogP contribution in [-0.2, 0) is 20.1 Å². The van der Waals surface area contributed by atoms with Crippen LogP contribution in [0.1, 0.15) is 11.4 Å². The summed E-state index contributed by atoms with van der Waals surface area (Å²) in [6.45, 7) is 1.51. The first-order valence-electron chi connectivity index (χ1n) is 5.28. The molecule has 1 aromatic carbocycles. The molecule has 0 atom stereocenters. The van der Waals surface area contributed by atoms with E-state index in [1.54, 1.807) is 6.20 Å². The van der Waals surface area contributed by atoms with E-state index in [9.17, 15) is 0 Å². The van der Waals surface area contributed by atoms with Gasteiger partial charge in [0.05, 0.1) is 12.7 Å². The molecule has 0 radical (unpaired) electrons. The minimum absolute atomic E-state index is 0.657. The molecule has 1 heterocycles. The summed E-state index contributed by atoms with van der Waals surface area (Å²) in [7, 11) is 1.91. The molecule has 3 nitrogen and oxygen atoms in total. The molecule has 0 amide bonds. The van der Waals surface area contributed by atoms with E-state index in [-0.39, 0.29) is 0 Å². The van der Waals surface area contributed by atoms with Crippen molar-refractivity contribution in [1.29, 1.82) is 0 Å². The maximum absolute atomic E-state index is 5.91. The molecule has 0 aliphatic rings. The molecule has 5 heteroatoms. The minimum atomic E-state index is 0.657. The topological polar surface area (TPSA) is 29.9 Å². The van der Waals surface area contributed by atoms with Crippen molar-refractivity contribution in [2.45, 2.75) is 13.1 Å². The van der Waals surface area contributed by atoms with Gasteiger partial charge in [-0.1, -0.05) is 39.7 Å². The molecule has 0 unspecified atom stereocenters. The number of halogens is 2. The Morgan fingerprint density at radius 1 is 1.41 bits per heavy atom. The molecule has 90 valence electrons. The largest absolute Gasteiger partial charge is 0.321 e. The molecule has 0 saturated carbocycles. The van der Waals surface area contributed by atoms with Crippen LogP contribution in [0.2, 0.25) is 5.15 Å². The van der Waals surface area contributed by atoms with Crippen molar-refractivity contribution in [3.8, 4) is 0 Å². The maximum atomic E-state index is 5.91. The third-order valence-corrected chi connectivity index (χ3v) is 3.37. The molecule has 0 aliphatic carbocycles. The fraction of sp³-hybridized carbons (Fsp3) is 0.250. The van der Waals surface area contributed by atoms with E-state index < -0.39 is 0 Å². The predicted molar refractivity (Wildman–Crippen MR) is 72.9 cm³/mol. The number of rotatable bonds is 4. The van der Waals surface area contributed by atoms with Gasteiger partial charge in [-0.05, 0) is 17.7 Å². The molecular formula is C12H13BrClN3. The van der Waals surface area contributed by atoms with E-state index in [1.165, 1.54) is 5.56 Å². The number of benzene rings is 1. The lowest BCUT2D eigenvalue weighted by Crippen LogP contribution is -2.15. The van der Waals surface area contributed by atoms with Crippen LogP contribution in [0.4, 0.5) is 0 Å². The van der Waals surface area contributed by atoms with Crippen LogP contribution in [0, 0.1) is 0 Å². The highest BCUT2D eigenvalue weighted by atomic mass is 79.9. The zero-order valence-corrected chi connectivity index (χ0v) is 11.8. The van der Waals surface area contributed by atoms with Crippen molar-refractivity contribution in [2.75, 3.05) is 0 Å². The zero-order chi connectivity index (χ0) is 12.3. The van der Waals surface area contributed by atoms with E-state index in [0.717, 1.165) is 16.8 Å². The van der Waals surface area contributed by atoms with Gasteiger partial charge in [-0.15, -0.1) is 0 Å². The Bertz CT molecular complexity index is 510. The van der Waals surface area contributed by atoms with Gasteiger partial charge in [0.15, 0.2) is 0 Å². The fourth-order valence-corrected chi connectivity index (χ4v) is 2.15. The molecule has 17 heavy (non-hydrogen) atoms. The summed E-state index contributed by atoms with van der Waals surface area (Å²) in [5.41, 5.74) is 1.24. The molecule has 1 N–H and O–H groups in total. The third-order valence-electron chi connectivity index (χ3n) is 2.53. The first kappa shape index (κ1) is 12.6. The van der Waals surface area contributed by atoms with Crippen molar-refractivity contribution < 1.29 is 0 Å². The van der Waals surface area contributed by atoms with Gasteiger partial charge in [-0.25, -0.2) is 4.98 Å². The summed E-state index contributed by atoms with van der Waals surface area (Å²) < 4.78 is 2.96. The predicted octanol–water partition coefficient (Wildman–Crippen LogP) is 3.13. The van der Waals surface area contributed by atoms with Crippen LogP contribution in [-0.4, -0.2) is 9.55 Å². The van der Waals surface area contributed by atoms with E-state index in [0.29, 0.717) is 11.7 Å². The van der Waals surface area contributed by atoms with Crippen LogP contribution in [0.15, 0.2) is 34.9 Å². The highest BCUT2D eigenvalue weighted by Gasteiger charge is 2.03. The van der Waals surface area contributed by atoms with Crippen LogP contribution in [0.25, 0.3) is 0 Å². The lowest BCUT2D eigenvalue weighted by Gasteiger charge is -2.06. The van der Waals surface area contributed by atoms with E-state index >= 15 is 0 Å². The van der Waals surface area contributed by atoms with Crippen molar-refractivity contribution in [3.63, 3.8) is 0 Å². The molecule has 0 bridgehead atoms. The normalized spacial score (nSPS) is 10.8. The van der Waals surface area contributed by atoms with Crippen LogP contribution < -0.4 is 5.32 Å². The number of hydrogen-bond acceptors (Lipinski definition) is 2. The summed E-state index contributed by atoms with van der Waals surface area (Å²) in [6, 6.07) is 8.22. The van der Waals surface area contributed by atoms with E-state index in [2.05, 4.69) is 38.4 Å². The van der Waals surface area contributed by atoms with Gasteiger partial charge in [0.2, 0.25) is 0 Å². The minimum Gasteiger partial charge on any atom is -0.321 e. The Hall–Kier alpha value is -0.840. The molecule has 0 fully saturated rings. The van der Waals surface area contributed by atoms with Gasteiger partial charge in [0.25, 0.3) is 0 Å². The first-order chi connectivity index (χ1) is 8.16. The molecule has 0 spiro atoms. The van der Waals surface area contributed by atoms with Crippen LogP contribution >= 0.6 is 27.5 Å². The Morgan fingerprint density at radius 2 is 2.24 bits per heavy atom. The number of aromatic nitrogens is 2. The van der Waals surface area contributed by atoms with Gasteiger partial charge in [-0.3, -0.25) is 0 Å². The zero-order valence-electron chi connectivity index (χ0n) is 9.45.